The van der Waals surface area contributed by atoms with E-state index >= 15 is 0 Å². The number of rotatable bonds is 6. The quantitative estimate of drug-likeness (QED) is 0.443. The van der Waals surface area contributed by atoms with Gasteiger partial charge in [0, 0.05) is 24.8 Å². The molecule has 1 aliphatic carbocycles. The van der Waals surface area contributed by atoms with Gasteiger partial charge >= 0.3 is 5.09 Å². The molecule has 0 aromatic heterocycles. The normalized spacial score (nSPS) is 21.1. The molecular weight excluding hydrogens is 296 g/mol. The monoisotopic (exact) mass is 322 g/mol. The molecule has 0 amide bonds. The van der Waals surface area contributed by atoms with Crippen LogP contribution in [0, 0.1) is 16.0 Å². The van der Waals surface area contributed by atoms with Crippen LogP contribution in [0.5, 0.6) is 5.75 Å². The highest BCUT2D eigenvalue weighted by molar-refractivity contribution is 5.58. The van der Waals surface area contributed by atoms with Crippen LogP contribution in [0.15, 0.2) is 18.2 Å². The fraction of sp³-hybridized carbons (Fsp3) is 0.647. The van der Waals surface area contributed by atoms with Crippen LogP contribution in [0.3, 0.4) is 0 Å². The fourth-order valence-corrected chi connectivity index (χ4v) is 3.29. The van der Waals surface area contributed by atoms with Crippen LogP contribution in [-0.2, 0) is 4.99 Å². The number of hydrogen-bond acceptors (Lipinski definition) is 5. The van der Waals surface area contributed by atoms with Crippen LogP contribution in [0.1, 0.15) is 57.9 Å². The van der Waals surface area contributed by atoms with Gasteiger partial charge in [0.2, 0.25) is 0 Å². The molecule has 0 N–H and O–H groups in total. The zero-order chi connectivity index (χ0) is 17.0. The van der Waals surface area contributed by atoms with Crippen LogP contribution in [0.2, 0.25) is 0 Å². The van der Waals surface area contributed by atoms with Gasteiger partial charge in [0.1, 0.15) is 0 Å². The lowest BCUT2D eigenvalue weighted by atomic mass is 9.78. The second-order valence-electron chi connectivity index (χ2n) is 6.78. The van der Waals surface area contributed by atoms with E-state index in [1.54, 1.807) is 6.07 Å². The minimum atomic E-state index is -0.956. The third-order valence-corrected chi connectivity index (χ3v) is 4.73. The highest BCUT2D eigenvalue weighted by Gasteiger charge is 2.24. The first-order chi connectivity index (χ1) is 10.9. The summed E-state index contributed by atoms with van der Waals surface area (Å²) in [7, 11) is 2.04. The molecule has 2 rings (SSSR count). The Balaban J connectivity index is 2.30. The molecule has 0 spiro atoms. The summed E-state index contributed by atoms with van der Waals surface area (Å²) in [4.78, 5) is 21.3. The van der Waals surface area contributed by atoms with Gasteiger partial charge < -0.3 is 4.90 Å². The van der Waals surface area contributed by atoms with Gasteiger partial charge in [-0.15, -0.1) is 10.1 Å². The maximum Gasteiger partial charge on any atom is 0.331 e. The Labute approximate surface area is 137 Å². The Morgan fingerprint density at radius 2 is 2.09 bits per heavy atom. The second-order valence-corrected chi connectivity index (χ2v) is 6.78. The van der Waals surface area contributed by atoms with Crippen molar-refractivity contribution in [3.05, 3.63) is 33.9 Å². The van der Waals surface area contributed by atoms with Crippen molar-refractivity contribution in [3.8, 4) is 5.75 Å². The first-order valence-corrected chi connectivity index (χ1v) is 8.24. The Morgan fingerprint density at radius 3 is 2.70 bits per heavy atom. The first-order valence-electron chi connectivity index (χ1n) is 8.24. The molecule has 0 saturated heterocycles. The lowest BCUT2D eigenvalue weighted by molar-refractivity contribution is -0.832. The summed E-state index contributed by atoms with van der Waals surface area (Å²) in [5.74, 6) is 1.61. The smallest absolute Gasteiger partial charge is 0.331 e. The third kappa shape index (κ3) is 4.50. The van der Waals surface area contributed by atoms with E-state index in [4.69, 9.17) is 4.89 Å². The molecule has 0 heterocycles. The molecule has 128 valence electrons. The average molecular weight is 322 g/mol. The average Bonchev–Trinajstić information content (AvgIpc) is 2.51. The number of anilines is 1. The number of benzene rings is 1. The molecule has 0 aliphatic heterocycles. The van der Waals surface area contributed by atoms with Gasteiger partial charge in [0.15, 0.2) is 5.75 Å². The molecular formula is C17H26N2O4. The standard InChI is InChI=1S/C17H26N2O4/c1-12(2)18(4)17-11-15(22-23-19(20)21)8-9-16(17)14-7-5-6-13(3)10-14/h8-9,11-14H,5-7,10H2,1-4H3. The van der Waals surface area contributed by atoms with Gasteiger partial charge in [-0.3, -0.25) is 4.89 Å². The van der Waals surface area contributed by atoms with Gasteiger partial charge in [-0.2, -0.15) is 0 Å². The molecule has 1 fully saturated rings. The summed E-state index contributed by atoms with van der Waals surface area (Å²) in [6, 6.07) is 5.92. The maximum atomic E-state index is 10.3. The van der Waals surface area contributed by atoms with Crippen molar-refractivity contribution in [2.75, 3.05) is 11.9 Å². The van der Waals surface area contributed by atoms with Crippen molar-refractivity contribution >= 4 is 5.69 Å². The molecule has 6 heteroatoms. The van der Waals surface area contributed by atoms with Crippen molar-refractivity contribution in [1.82, 2.24) is 0 Å². The highest BCUT2D eigenvalue weighted by Crippen LogP contribution is 2.41. The number of nitrogens with zero attached hydrogens (tertiary/aromatic N) is 2. The first kappa shape index (κ1) is 17.4. The van der Waals surface area contributed by atoms with Crippen LogP contribution in [0.4, 0.5) is 5.69 Å². The second kappa shape index (κ2) is 7.53. The van der Waals surface area contributed by atoms with Crippen molar-refractivity contribution in [3.63, 3.8) is 0 Å². The minimum absolute atomic E-state index is 0.321. The summed E-state index contributed by atoms with van der Waals surface area (Å²) in [6.45, 7) is 6.54. The third-order valence-electron chi connectivity index (χ3n) is 4.73. The van der Waals surface area contributed by atoms with E-state index < -0.39 is 5.09 Å². The van der Waals surface area contributed by atoms with Gasteiger partial charge in [-0.1, -0.05) is 30.8 Å². The predicted octanol–water partition coefficient (Wildman–Crippen LogP) is 4.33. The maximum absolute atomic E-state index is 10.3. The van der Waals surface area contributed by atoms with Crippen molar-refractivity contribution in [1.29, 1.82) is 0 Å². The van der Waals surface area contributed by atoms with Crippen LogP contribution in [0.25, 0.3) is 0 Å². The summed E-state index contributed by atoms with van der Waals surface area (Å²) < 4.78 is 0. The zero-order valence-corrected chi connectivity index (χ0v) is 14.3. The van der Waals surface area contributed by atoms with E-state index in [9.17, 15) is 10.1 Å². The zero-order valence-electron chi connectivity index (χ0n) is 14.3. The largest absolute Gasteiger partial charge is 0.372 e. The molecule has 1 aliphatic rings. The van der Waals surface area contributed by atoms with E-state index in [2.05, 4.69) is 30.7 Å². The Morgan fingerprint density at radius 1 is 1.35 bits per heavy atom. The van der Waals surface area contributed by atoms with Gasteiger partial charge in [-0.25, -0.2) is 0 Å². The topological polar surface area (TPSA) is 64.8 Å². The molecule has 6 nitrogen and oxygen atoms in total. The van der Waals surface area contributed by atoms with Gasteiger partial charge in [0.05, 0.1) is 0 Å². The molecule has 1 aromatic carbocycles. The Bertz CT molecular complexity index is 547. The summed E-state index contributed by atoms with van der Waals surface area (Å²) >= 11 is 0. The molecule has 2 unspecified atom stereocenters. The molecule has 0 radical (unpaired) electrons. The lowest BCUT2D eigenvalue weighted by Gasteiger charge is -2.33. The number of hydrogen-bond donors (Lipinski definition) is 0. The van der Waals surface area contributed by atoms with Gasteiger partial charge in [-0.05, 0) is 50.2 Å². The van der Waals surface area contributed by atoms with Gasteiger partial charge in [0.25, 0.3) is 0 Å². The molecule has 2 atom stereocenters. The summed E-state index contributed by atoms with van der Waals surface area (Å²) in [5.41, 5.74) is 2.35. The van der Waals surface area contributed by atoms with Crippen LogP contribution >= 0.6 is 0 Å². The van der Waals surface area contributed by atoms with E-state index in [1.807, 2.05) is 19.2 Å². The minimum Gasteiger partial charge on any atom is -0.372 e. The van der Waals surface area contributed by atoms with Crippen molar-refractivity contribution in [2.45, 2.75) is 58.4 Å². The highest BCUT2D eigenvalue weighted by atomic mass is 17.3. The van der Waals surface area contributed by atoms with Crippen molar-refractivity contribution in [2.24, 2.45) is 5.92 Å². The SMILES string of the molecule is CC1CCCC(c2ccc(OO[N+](=O)[O-])cc2N(C)C(C)C)C1. The molecule has 1 aromatic rings. The molecule has 1 saturated carbocycles. The summed E-state index contributed by atoms with van der Waals surface area (Å²) in [5, 5.41) is 9.34. The van der Waals surface area contributed by atoms with Crippen LogP contribution < -0.4 is 9.79 Å². The van der Waals surface area contributed by atoms with E-state index in [0.717, 1.165) is 11.6 Å². The van der Waals surface area contributed by atoms with Crippen LogP contribution in [-0.4, -0.2) is 18.2 Å². The lowest BCUT2D eigenvalue weighted by Crippen LogP contribution is -2.27. The van der Waals surface area contributed by atoms with E-state index in [1.165, 1.54) is 31.2 Å². The summed E-state index contributed by atoms with van der Waals surface area (Å²) in [6.07, 6.45) is 4.92. The fourth-order valence-electron chi connectivity index (χ4n) is 3.29. The van der Waals surface area contributed by atoms with Crippen molar-refractivity contribution < 1.29 is 15.0 Å². The molecule has 0 bridgehead atoms. The molecule has 23 heavy (non-hydrogen) atoms. The Kier molecular flexibility index (Phi) is 5.69. The van der Waals surface area contributed by atoms with E-state index in [-0.39, 0.29) is 0 Å². The Hall–Kier alpha value is -1.98. The van der Waals surface area contributed by atoms with E-state index in [0.29, 0.717) is 17.7 Å². The predicted molar refractivity (Wildman–Crippen MR) is 89.1 cm³/mol.